The van der Waals surface area contributed by atoms with Crippen LogP contribution >= 0.6 is 21.0 Å². The van der Waals surface area contributed by atoms with Gasteiger partial charge in [0.15, 0.2) is 0 Å². The van der Waals surface area contributed by atoms with Crippen LogP contribution in [0.5, 0.6) is 0 Å². The van der Waals surface area contributed by atoms with E-state index in [9.17, 15) is 0 Å². The zero-order valence-corrected chi connectivity index (χ0v) is 9.61. The minimum Gasteiger partial charge on any atom is -0.147 e. The Bertz CT molecular complexity index is 213. The van der Waals surface area contributed by atoms with Crippen LogP contribution in [0, 0.1) is 0 Å². The molecule has 1 aromatic rings. The van der Waals surface area contributed by atoms with Gasteiger partial charge in [0.05, 0.1) is 0 Å². The normalized spacial score (nSPS) is 11.6. The molecule has 0 fully saturated rings. The van der Waals surface area contributed by atoms with Crippen LogP contribution in [0.25, 0.3) is 0 Å². The second kappa shape index (κ2) is 4.84. The summed E-state index contributed by atoms with van der Waals surface area (Å²) in [5, 5.41) is 1.89. The first-order valence-electron chi connectivity index (χ1n) is 3.91. The van der Waals surface area contributed by atoms with Crippen LogP contribution in [0.2, 0.25) is 0 Å². The van der Waals surface area contributed by atoms with Gasteiger partial charge in [-0.1, -0.05) is 59.7 Å². The quantitative estimate of drug-likeness (QED) is 0.614. The lowest BCUT2D eigenvalue weighted by Crippen LogP contribution is -2.10. The van der Waals surface area contributed by atoms with Gasteiger partial charge in [0.25, 0.3) is 0 Å². The molecule has 0 radical (unpaired) electrons. The summed E-state index contributed by atoms with van der Waals surface area (Å²) < 4.78 is 0. The molecule has 0 N–H and O–H groups in total. The Morgan fingerprint density at radius 1 is 1.00 bits per heavy atom. The number of hydrogen-bond donors (Lipinski definition) is 0. The van der Waals surface area contributed by atoms with Gasteiger partial charge in [-0.15, -0.1) is 12.4 Å². The molecule has 0 aromatic heterocycles. The van der Waals surface area contributed by atoms with Crippen molar-refractivity contribution in [3.05, 3.63) is 30.3 Å². The molecule has 1 rings (SSSR count). The lowest BCUT2D eigenvalue weighted by molar-refractivity contribution is 0.799. The van der Waals surface area contributed by atoms with E-state index in [1.807, 2.05) is 0 Å². The molecule has 0 aliphatic rings. The topological polar surface area (TPSA) is 0 Å². The molecule has 0 aliphatic heterocycles. The van der Waals surface area contributed by atoms with Crippen molar-refractivity contribution < 1.29 is 0 Å². The smallest absolute Gasteiger partial charge is 0.0166 e. The fourth-order valence-corrected chi connectivity index (χ4v) is 2.18. The molecule has 68 valence electrons. The van der Waals surface area contributed by atoms with Crippen LogP contribution in [-0.4, -0.2) is 5.16 Å². The van der Waals surface area contributed by atoms with Crippen molar-refractivity contribution in [2.45, 2.75) is 25.9 Å². The van der Waals surface area contributed by atoms with Gasteiger partial charge in [-0.05, 0) is 10.5 Å². The molecule has 12 heavy (non-hydrogen) atoms. The molecule has 0 heterocycles. The Labute approximate surface area is 83.0 Å². The third kappa shape index (κ3) is 4.74. The van der Waals surface area contributed by atoms with Gasteiger partial charge >= 0.3 is 0 Å². The molecule has 2 heteroatoms. The summed E-state index contributed by atoms with van der Waals surface area (Å²) >= 11 is 0. The van der Waals surface area contributed by atoms with Crippen molar-refractivity contribution in [2.75, 3.05) is 0 Å². The van der Waals surface area contributed by atoms with Gasteiger partial charge in [0, 0.05) is 0 Å². The molecule has 0 spiro atoms. The maximum Gasteiger partial charge on any atom is -0.0166 e. The zero-order valence-electron chi connectivity index (χ0n) is 7.79. The van der Waals surface area contributed by atoms with Crippen LogP contribution in [-0.2, 0) is 0 Å². The molecule has 0 bridgehead atoms. The van der Waals surface area contributed by atoms with E-state index in [4.69, 9.17) is 0 Å². The lowest BCUT2D eigenvalue weighted by atomic mass is 10.3. The van der Waals surface area contributed by atoms with E-state index in [-0.39, 0.29) is 12.4 Å². The molecule has 1 unspecified atom stereocenters. The van der Waals surface area contributed by atoms with E-state index in [1.165, 1.54) is 5.30 Å². The first kappa shape index (κ1) is 11.9. The highest BCUT2D eigenvalue weighted by molar-refractivity contribution is 7.48. The molecule has 0 saturated carbocycles. The minimum atomic E-state index is 0. The first-order valence-corrected chi connectivity index (χ1v) is 4.91. The Morgan fingerprint density at radius 2 is 1.50 bits per heavy atom. The van der Waals surface area contributed by atoms with E-state index in [0.29, 0.717) is 5.16 Å². The summed E-state index contributed by atoms with van der Waals surface area (Å²) in [6.07, 6.45) is 0. The average Bonchev–Trinajstić information content (AvgIpc) is 1.85. The van der Waals surface area contributed by atoms with Crippen molar-refractivity contribution >= 4 is 26.3 Å². The van der Waals surface area contributed by atoms with Gasteiger partial charge < -0.3 is 0 Å². The van der Waals surface area contributed by atoms with E-state index < -0.39 is 0 Å². The maximum absolute atomic E-state index is 2.28. The van der Waals surface area contributed by atoms with Crippen LogP contribution in [0.1, 0.15) is 20.8 Å². The van der Waals surface area contributed by atoms with E-state index in [0.717, 1.165) is 8.58 Å². The lowest BCUT2D eigenvalue weighted by Gasteiger charge is -2.17. The summed E-state index contributed by atoms with van der Waals surface area (Å²) in [5.41, 5.74) is 0. The fourth-order valence-electron chi connectivity index (χ4n) is 0.954. The van der Waals surface area contributed by atoms with Crippen LogP contribution in [0.15, 0.2) is 30.3 Å². The van der Waals surface area contributed by atoms with Crippen LogP contribution < -0.4 is 5.30 Å². The second-order valence-electron chi connectivity index (χ2n) is 3.74. The SMILES string of the molecule is CC(C)(C)Pc1ccccc1.Cl. The summed E-state index contributed by atoms with van der Waals surface area (Å²) in [6, 6.07) is 10.7. The van der Waals surface area contributed by atoms with Crippen LogP contribution in [0.3, 0.4) is 0 Å². The molecule has 0 saturated heterocycles. The predicted molar refractivity (Wildman–Crippen MR) is 61.4 cm³/mol. The van der Waals surface area contributed by atoms with Gasteiger partial charge in [-0.2, -0.15) is 0 Å². The highest BCUT2D eigenvalue weighted by atomic mass is 35.5. The third-order valence-electron chi connectivity index (χ3n) is 1.29. The number of rotatable bonds is 1. The van der Waals surface area contributed by atoms with Crippen molar-refractivity contribution in [2.24, 2.45) is 0 Å². The fraction of sp³-hybridized carbons (Fsp3) is 0.400. The summed E-state index contributed by atoms with van der Waals surface area (Å²) in [5.74, 6) is 0. The van der Waals surface area contributed by atoms with E-state index in [2.05, 4.69) is 51.1 Å². The monoisotopic (exact) mass is 202 g/mol. The molecule has 0 aliphatic carbocycles. The van der Waals surface area contributed by atoms with Crippen molar-refractivity contribution in [3.8, 4) is 0 Å². The molecule has 0 amide bonds. The summed E-state index contributed by atoms with van der Waals surface area (Å²) in [6.45, 7) is 6.83. The molecule has 1 aromatic carbocycles. The van der Waals surface area contributed by atoms with Crippen molar-refractivity contribution in [1.29, 1.82) is 0 Å². The number of hydrogen-bond acceptors (Lipinski definition) is 0. The number of halogens is 1. The van der Waals surface area contributed by atoms with Crippen LogP contribution in [0.4, 0.5) is 0 Å². The molecule has 0 nitrogen and oxygen atoms in total. The molecular formula is C10H16ClP. The maximum atomic E-state index is 2.28. The standard InChI is InChI=1S/C10H15P.ClH/c1-10(2,3)11-9-7-5-4-6-8-9;/h4-8,11H,1-3H3;1H. The van der Waals surface area contributed by atoms with Crippen molar-refractivity contribution in [3.63, 3.8) is 0 Å². The molecular weight excluding hydrogens is 187 g/mol. The summed E-state index contributed by atoms with van der Waals surface area (Å²) in [4.78, 5) is 0. The largest absolute Gasteiger partial charge is 0.147 e. The highest BCUT2D eigenvalue weighted by Gasteiger charge is 2.09. The van der Waals surface area contributed by atoms with Gasteiger partial charge in [0.2, 0.25) is 0 Å². The number of benzene rings is 1. The van der Waals surface area contributed by atoms with Gasteiger partial charge in [-0.25, -0.2) is 0 Å². The van der Waals surface area contributed by atoms with Gasteiger partial charge in [0.1, 0.15) is 0 Å². The zero-order chi connectivity index (χ0) is 8.32. The van der Waals surface area contributed by atoms with Crippen molar-refractivity contribution in [1.82, 2.24) is 0 Å². The van der Waals surface area contributed by atoms with Gasteiger partial charge in [-0.3, -0.25) is 0 Å². The average molecular weight is 203 g/mol. The summed E-state index contributed by atoms with van der Waals surface area (Å²) in [7, 11) is 0.914. The highest BCUT2D eigenvalue weighted by Crippen LogP contribution is 2.28. The Kier molecular flexibility index (Phi) is 4.82. The second-order valence-corrected chi connectivity index (χ2v) is 6.07. The third-order valence-corrected chi connectivity index (χ3v) is 2.67. The van der Waals surface area contributed by atoms with E-state index >= 15 is 0 Å². The Balaban J connectivity index is 0.00000121. The minimum absolute atomic E-state index is 0. The molecule has 1 atom stereocenters. The van der Waals surface area contributed by atoms with E-state index in [1.54, 1.807) is 0 Å². The predicted octanol–water partition coefficient (Wildman–Crippen LogP) is 3.21. The Morgan fingerprint density at radius 3 is 1.92 bits per heavy atom. The first-order chi connectivity index (χ1) is 5.08. The Hall–Kier alpha value is -0.0600.